The monoisotopic (exact) mass is 587 g/mol. The first-order valence-electron chi connectivity index (χ1n) is 11.9. The number of carbonyl (C=O) groups excluding carboxylic acids is 1. The standard InChI is InChI=1S/C24H25F4N5O6S/c25-19-2-1-14(7-21(19)39-24(26,27)28)11-33-5-3-16(12-33)22(35)18-10-30-13-31-23(18)32-17-8-15(20(34)9-17)4-6-38-40(29,36)37/h1-3,5,7,10,12-13,15,17,20,34H,4,6,8-9,11H2,(H2,29,36,37)(H,30,31,32)/t15-,17+,20-/m0/s1. The van der Waals surface area contributed by atoms with Gasteiger partial charge in [-0.15, -0.1) is 13.2 Å². The second-order valence-corrected chi connectivity index (χ2v) is 10.5. The van der Waals surface area contributed by atoms with Crippen molar-refractivity contribution < 1.29 is 44.8 Å². The Bertz CT molecular complexity index is 1470. The Kier molecular flexibility index (Phi) is 8.72. The summed E-state index contributed by atoms with van der Waals surface area (Å²) in [5.41, 5.74) is 0.707. The van der Waals surface area contributed by atoms with Crippen molar-refractivity contribution in [2.24, 2.45) is 11.1 Å². The number of ether oxygens (including phenoxy) is 1. The van der Waals surface area contributed by atoms with Crippen molar-refractivity contribution in [3.8, 4) is 5.75 Å². The van der Waals surface area contributed by atoms with Gasteiger partial charge < -0.3 is 19.7 Å². The van der Waals surface area contributed by atoms with E-state index < -0.39 is 40.1 Å². The Morgan fingerprint density at radius 3 is 2.75 bits per heavy atom. The van der Waals surface area contributed by atoms with Crippen molar-refractivity contribution in [1.82, 2.24) is 14.5 Å². The molecule has 1 aromatic carbocycles. The van der Waals surface area contributed by atoms with Crippen molar-refractivity contribution in [2.45, 2.75) is 44.3 Å². The maximum absolute atomic E-state index is 13.7. The van der Waals surface area contributed by atoms with Crippen LogP contribution in [-0.2, 0) is 21.0 Å². The molecule has 0 unspecified atom stereocenters. The van der Waals surface area contributed by atoms with E-state index in [0.29, 0.717) is 18.4 Å². The third-order valence-electron chi connectivity index (χ3n) is 6.29. The fraction of sp³-hybridized carbons (Fsp3) is 0.375. The predicted octanol–water partition coefficient (Wildman–Crippen LogP) is 2.76. The lowest BCUT2D eigenvalue weighted by molar-refractivity contribution is -0.275. The molecule has 11 nitrogen and oxygen atoms in total. The lowest BCUT2D eigenvalue weighted by Gasteiger charge is -2.15. The molecule has 1 aliphatic rings. The second kappa shape index (κ2) is 11.9. The highest BCUT2D eigenvalue weighted by atomic mass is 32.2. The van der Waals surface area contributed by atoms with Crippen LogP contribution in [-0.4, -0.2) is 59.0 Å². The van der Waals surface area contributed by atoms with Gasteiger partial charge in [0.25, 0.3) is 0 Å². The fourth-order valence-electron chi connectivity index (χ4n) is 4.54. The zero-order chi connectivity index (χ0) is 29.1. The number of ketones is 1. The summed E-state index contributed by atoms with van der Waals surface area (Å²) in [6.45, 7) is -0.134. The number of hydrogen-bond donors (Lipinski definition) is 3. The maximum Gasteiger partial charge on any atom is 0.573 e. The molecule has 16 heteroatoms. The molecule has 4 N–H and O–H groups in total. The van der Waals surface area contributed by atoms with Gasteiger partial charge in [0.2, 0.25) is 0 Å². The normalized spacial score (nSPS) is 19.5. The Morgan fingerprint density at radius 1 is 1.25 bits per heavy atom. The van der Waals surface area contributed by atoms with Gasteiger partial charge in [-0.2, -0.15) is 8.42 Å². The number of anilines is 1. The molecule has 0 radical (unpaired) electrons. The molecule has 3 atom stereocenters. The van der Waals surface area contributed by atoms with Crippen LogP contribution in [0.4, 0.5) is 23.4 Å². The number of nitrogens with one attached hydrogen (secondary N) is 1. The first-order chi connectivity index (χ1) is 18.8. The van der Waals surface area contributed by atoms with E-state index in [2.05, 4.69) is 24.2 Å². The molecule has 1 aliphatic carbocycles. The topological polar surface area (TPSA) is 159 Å². The maximum atomic E-state index is 13.7. The van der Waals surface area contributed by atoms with E-state index in [1.807, 2.05) is 0 Å². The summed E-state index contributed by atoms with van der Waals surface area (Å²) in [5, 5.41) is 18.3. The van der Waals surface area contributed by atoms with E-state index in [-0.39, 0.29) is 48.5 Å². The van der Waals surface area contributed by atoms with Crippen LogP contribution in [0.5, 0.6) is 5.75 Å². The SMILES string of the molecule is NS(=O)(=O)OCC[C@H]1C[C@@H](Nc2ncncc2C(=O)c2ccn(Cc3ccc(F)c(OC(F)(F)F)c3)c2)C[C@@H]1O. The lowest BCUT2D eigenvalue weighted by Crippen LogP contribution is -2.20. The van der Waals surface area contributed by atoms with E-state index in [9.17, 15) is 35.9 Å². The molecule has 1 saturated carbocycles. The summed E-state index contributed by atoms with van der Waals surface area (Å²) < 4.78 is 83.0. The molecule has 2 aromatic heterocycles. The van der Waals surface area contributed by atoms with Crippen molar-refractivity contribution in [2.75, 3.05) is 11.9 Å². The van der Waals surface area contributed by atoms with Crippen LogP contribution in [0, 0.1) is 11.7 Å². The summed E-state index contributed by atoms with van der Waals surface area (Å²) in [6, 6.07) is 4.34. The predicted molar refractivity (Wildman–Crippen MR) is 132 cm³/mol. The van der Waals surface area contributed by atoms with Gasteiger partial charge in [-0.25, -0.2) is 19.5 Å². The molecule has 40 heavy (non-hydrogen) atoms. The largest absolute Gasteiger partial charge is 0.573 e. The van der Waals surface area contributed by atoms with Crippen LogP contribution < -0.4 is 15.2 Å². The minimum absolute atomic E-state index is 0.0364. The molecular weight excluding hydrogens is 562 g/mol. The molecule has 0 bridgehead atoms. The Hall–Kier alpha value is -3.60. The molecule has 0 aliphatic heterocycles. The van der Waals surface area contributed by atoms with Gasteiger partial charge >= 0.3 is 16.7 Å². The fourth-order valence-corrected chi connectivity index (χ4v) is 4.87. The van der Waals surface area contributed by atoms with Crippen LogP contribution >= 0.6 is 0 Å². The molecule has 0 saturated heterocycles. The highest BCUT2D eigenvalue weighted by Crippen LogP contribution is 2.32. The number of aromatic nitrogens is 3. The van der Waals surface area contributed by atoms with Gasteiger partial charge in [-0.3, -0.25) is 8.98 Å². The van der Waals surface area contributed by atoms with E-state index in [1.165, 1.54) is 35.4 Å². The van der Waals surface area contributed by atoms with Gasteiger partial charge in [0.15, 0.2) is 17.3 Å². The number of carbonyl (C=O) groups is 1. The summed E-state index contributed by atoms with van der Waals surface area (Å²) >= 11 is 0. The zero-order valence-corrected chi connectivity index (χ0v) is 21.5. The van der Waals surface area contributed by atoms with Gasteiger partial charge in [-0.1, -0.05) is 6.07 Å². The van der Waals surface area contributed by atoms with Crippen LogP contribution in [0.2, 0.25) is 0 Å². The smallest absolute Gasteiger partial charge is 0.403 e. The van der Waals surface area contributed by atoms with Gasteiger partial charge in [-0.05, 0) is 48.9 Å². The van der Waals surface area contributed by atoms with E-state index in [0.717, 1.165) is 12.1 Å². The quantitative estimate of drug-likeness (QED) is 0.227. The minimum Gasteiger partial charge on any atom is -0.403 e. The van der Waals surface area contributed by atoms with Gasteiger partial charge in [0, 0.05) is 36.7 Å². The average Bonchev–Trinajstić information content (AvgIpc) is 3.46. The number of aliphatic hydroxyl groups excluding tert-OH is 1. The van der Waals surface area contributed by atoms with E-state index in [4.69, 9.17) is 5.14 Å². The summed E-state index contributed by atoms with van der Waals surface area (Å²) in [7, 11) is -4.08. The Labute approximate surface area is 226 Å². The molecule has 2 heterocycles. The highest BCUT2D eigenvalue weighted by Gasteiger charge is 2.34. The first-order valence-corrected chi connectivity index (χ1v) is 13.4. The lowest BCUT2D eigenvalue weighted by atomic mass is 10.0. The molecule has 0 spiro atoms. The van der Waals surface area contributed by atoms with Crippen LogP contribution in [0.1, 0.15) is 40.7 Å². The number of alkyl halides is 3. The summed E-state index contributed by atoms with van der Waals surface area (Å²) in [5.74, 6) is -2.58. The first kappa shape index (κ1) is 29.4. The Balaban J connectivity index is 1.42. The third-order valence-corrected chi connectivity index (χ3v) is 6.79. The number of halogens is 4. The van der Waals surface area contributed by atoms with Crippen molar-refractivity contribution in [3.63, 3.8) is 0 Å². The van der Waals surface area contributed by atoms with Crippen LogP contribution in [0.15, 0.2) is 49.2 Å². The summed E-state index contributed by atoms with van der Waals surface area (Å²) in [4.78, 5) is 21.4. The summed E-state index contributed by atoms with van der Waals surface area (Å²) in [6.07, 6.45) is 0.872. The van der Waals surface area contributed by atoms with Gasteiger partial charge in [0.1, 0.15) is 12.1 Å². The van der Waals surface area contributed by atoms with E-state index >= 15 is 0 Å². The number of nitrogens with zero attached hydrogens (tertiary/aromatic N) is 3. The molecule has 0 amide bonds. The highest BCUT2D eigenvalue weighted by molar-refractivity contribution is 7.84. The zero-order valence-electron chi connectivity index (χ0n) is 20.7. The number of benzene rings is 1. The second-order valence-electron chi connectivity index (χ2n) is 9.24. The van der Waals surface area contributed by atoms with E-state index in [1.54, 1.807) is 6.20 Å². The molecular formula is C24H25F4N5O6S. The number of rotatable bonds is 11. The van der Waals surface area contributed by atoms with Crippen LogP contribution in [0.3, 0.4) is 0 Å². The molecule has 1 fully saturated rings. The van der Waals surface area contributed by atoms with Crippen LogP contribution in [0.25, 0.3) is 0 Å². The number of hydrogen-bond acceptors (Lipinski definition) is 9. The molecule has 3 aromatic rings. The number of aliphatic hydroxyl groups is 1. The Morgan fingerprint density at radius 2 is 2.02 bits per heavy atom. The number of nitrogens with two attached hydrogens (primary N) is 1. The molecule has 216 valence electrons. The van der Waals surface area contributed by atoms with Crippen molar-refractivity contribution in [1.29, 1.82) is 0 Å². The average molecular weight is 588 g/mol. The van der Waals surface area contributed by atoms with Crippen molar-refractivity contribution >= 4 is 21.9 Å². The third kappa shape index (κ3) is 7.97. The molecule has 4 rings (SSSR count). The minimum atomic E-state index is -5.05. The van der Waals surface area contributed by atoms with Gasteiger partial charge in [0.05, 0.1) is 18.3 Å². The van der Waals surface area contributed by atoms with Crippen molar-refractivity contribution in [3.05, 3.63) is 71.7 Å².